The zero-order chi connectivity index (χ0) is 47.0. The van der Waals surface area contributed by atoms with Crippen molar-refractivity contribution < 1.29 is 109 Å². The van der Waals surface area contributed by atoms with E-state index in [0.717, 1.165) is 30.3 Å². The molecule has 0 radical (unpaired) electrons. The molecule has 352 valence electrons. The first-order valence-electron chi connectivity index (χ1n) is 19.9. The van der Waals surface area contributed by atoms with Gasteiger partial charge in [0, 0.05) is 23.8 Å². The summed E-state index contributed by atoms with van der Waals surface area (Å²) in [6.45, 7) is -0.272. The molecule has 13 N–H and O–H groups in total. The van der Waals surface area contributed by atoms with Gasteiger partial charge in [-0.1, -0.05) is 12.1 Å². The van der Waals surface area contributed by atoms with Gasteiger partial charge in [-0.25, -0.2) is 4.79 Å². The highest BCUT2D eigenvalue weighted by molar-refractivity contribution is 5.89. The summed E-state index contributed by atoms with van der Waals surface area (Å²) in [6.07, 6.45) is -24.6. The van der Waals surface area contributed by atoms with E-state index in [1.165, 1.54) is 43.3 Å². The molecule has 15 atom stereocenters. The Bertz CT molecular complexity index is 2400. The van der Waals surface area contributed by atoms with Crippen LogP contribution in [0.15, 0.2) is 69.9 Å². The van der Waals surface area contributed by atoms with Gasteiger partial charge in [-0.05, 0) is 48.9 Å². The minimum atomic E-state index is -2.10. The molecule has 3 saturated heterocycles. The van der Waals surface area contributed by atoms with Gasteiger partial charge >= 0.3 is 5.97 Å². The molecule has 1 aromatic heterocycles. The minimum Gasteiger partial charge on any atom is -0.508 e. The third-order valence-electron chi connectivity index (χ3n) is 10.9. The number of ether oxygens (including phenoxy) is 7. The zero-order valence-corrected chi connectivity index (χ0v) is 33.8. The Kier molecular flexibility index (Phi) is 14.2. The van der Waals surface area contributed by atoms with Crippen LogP contribution in [0.3, 0.4) is 0 Å². The van der Waals surface area contributed by atoms with Crippen LogP contribution in [0.5, 0.6) is 34.5 Å². The molecule has 7 rings (SSSR count). The van der Waals surface area contributed by atoms with Crippen LogP contribution < -0.4 is 14.9 Å². The van der Waals surface area contributed by atoms with Crippen LogP contribution in [-0.4, -0.2) is 178 Å². The van der Waals surface area contributed by atoms with E-state index in [1.807, 2.05) is 0 Å². The van der Waals surface area contributed by atoms with Gasteiger partial charge in [-0.2, -0.15) is 0 Å². The normalized spacial score (nSPS) is 32.9. The van der Waals surface area contributed by atoms with Gasteiger partial charge in [-0.15, -0.1) is 0 Å². The van der Waals surface area contributed by atoms with Crippen LogP contribution >= 0.6 is 0 Å². The van der Waals surface area contributed by atoms with Gasteiger partial charge in [-0.3, -0.25) is 4.79 Å². The summed E-state index contributed by atoms with van der Waals surface area (Å²) >= 11 is 0. The second-order valence-corrected chi connectivity index (χ2v) is 15.4. The summed E-state index contributed by atoms with van der Waals surface area (Å²) in [5.74, 6) is -4.72. The molecule has 23 heteroatoms. The molecule has 3 aliphatic rings. The Hall–Kier alpha value is -5.64. The molecule has 0 aliphatic carbocycles. The van der Waals surface area contributed by atoms with Crippen LogP contribution in [0.1, 0.15) is 12.5 Å². The number of hydrogen-bond donors (Lipinski definition) is 13. The van der Waals surface area contributed by atoms with E-state index < -0.39 is 156 Å². The Labute approximate surface area is 365 Å². The van der Waals surface area contributed by atoms with Gasteiger partial charge in [0.2, 0.25) is 23.8 Å². The smallest absolute Gasteiger partial charge is 0.330 e. The van der Waals surface area contributed by atoms with Crippen molar-refractivity contribution in [2.24, 2.45) is 0 Å². The topological polar surface area (TPSA) is 375 Å². The van der Waals surface area contributed by atoms with Crippen LogP contribution in [0, 0.1) is 0 Å². The molecule has 15 unspecified atom stereocenters. The largest absolute Gasteiger partial charge is 0.508 e. The van der Waals surface area contributed by atoms with E-state index in [9.17, 15) is 76.0 Å². The summed E-state index contributed by atoms with van der Waals surface area (Å²) in [5, 5.41) is 136. The zero-order valence-electron chi connectivity index (χ0n) is 33.8. The first kappa shape index (κ1) is 47.3. The number of hydrogen-bond acceptors (Lipinski definition) is 23. The quantitative estimate of drug-likeness (QED) is 0.0406. The fraction of sp³-hybridized carbons (Fsp3) is 0.429. The second kappa shape index (κ2) is 19.4. The predicted octanol–water partition coefficient (Wildman–Crippen LogP) is -2.24. The van der Waals surface area contributed by atoms with E-state index in [4.69, 9.17) is 37.6 Å². The fourth-order valence-corrected chi connectivity index (χ4v) is 7.23. The number of aliphatic hydroxyl groups excluding tert-OH is 9. The first-order chi connectivity index (χ1) is 30.9. The fourth-order valence-electron chi connectivity index (χ4n) is 7.23. The van der Waals surface area contributed by atoms with E-state index in [0.29, 0.717) is 5.56 Å². The van der Waals surface area contributed by atoms with Crippen molar-refractivity contribution in [1.29, 1.82) is 0 Å². The summed E-state index contributed by atoms with van der Waals surface area (Å²) in [5.41, 5.74) is -1.23. The van der Waals surface area contributed by atoms with Crippen molar-refractivity contribution in [3.8, 4) is 45.8 Å². The minimum absolute atomic E-state index is 0.00463. The number of carbonyl (C=O) groups is 1. The molecule has 65 heavy (non-hydrogen) atoms. The van der Waals surface area contributed by atoms with Crippen LogP contribution in [-0.2, 0) is 28.5 Å². The summed E-state index contributed by atoms with van der Waals surface area (Å²) in [7, 11) is 0. The van der Waals surface area contributed by atoms with E-state index in [1.54, 1.807) is 0 Å². The van der Waals surface area contributed by atoms with Crippen molar-refractivity contribution in [2.45, 2.75) is 99.0 Å². The number of phenolic OH excluding ortho intramolecular Hbond substituents is 4. The van der Waals surface area contributed by atoms with Crippen molar-refractivity contribution in [3.63, 3.8) is 0 Å². The highest BCUT2D eigenvalue weighted by Crippen LogP contribution is 2.41. The molecule has 4 aromatic rings. The molecular formula is C42H46O23. The Morgan fingerprint density at radius 3 is 2.03 bits per heavy atom. The van der Waals surface area contributed by atoms with Gasteiger partial charge in [0.15, 0.2) is 29.7 Å². The highest BCUT2D eigenvalue weighted by atomic mass is 16.8. The Morgan fingerprint density at radius 1 is 0.677 bits per heavy atom. The molecule has 0 saturated carbocycles. The number of phenols is 4. The Balaban J connectivity index is 1.20. The average molecular weight is 919 g/mol. The summed E-state index contributed by atoms with van der Waals surface area (Å²) < 4.78 is 45.5. The maximum Gasteiger partial charge on any atom is 0.330 e. The number of aromatic hydroxyl groups is 4. The SMILES string of the molecule is CC1OC(Oc2cc(O)c3c(=O)c(OC4OC(CO)C(O)C(O)C4OC4OC(COC(=O)C=Cc5ccc(O)cc5)C(O)C(O)C4O)c(-c4ccc(O)c(O)c4)oc3c2)C(O)C(O)C1O. The van der Waals surface area contributed by atoms with E-state index in [2.05, 4.69) is 0 Å². The van der Waals surface area contributed by atoms with Gasteiger partial charge in [0.1, 0.15) is 95.9 Å². The third-order valence-corrected chi connectivity index (χ3v) is 10.9. The summed E-state index contributed by atoms with van der Waals surface area (Å²) in [6, 6.07) is 10.9. The molecule has 0 amide bonds. The van der Waals surface area contributed by atoms with Gasteiger partial charge in [0.05, 0.1) is 12.7 Å². The number of esters is 1. The standard InChI is InChI=1S/C42H46O23/c1-15-28(49)32(53)35(56)40(59-15)60-19-11-22(47)27-23(12-19)61-37(17-5-8-20(45)21(46)10-17)38(31(27)52)64-42-39(34(55)29(50)24(13-43)62-42)65-41-36(57)33(54)30(51)25(63-41)14-58-26(48)9-4-16-2-6-18(44)7-3-16/h2-12,15,24-25,28-30,32-36,39-47,49-51,53-57H,13-14H2,1H3. The lowest BCUT2D eigenvalue weighted by atomic mass is 9.97. The van der Waals surface area contributed by atoms with Crippen molar-refractivity contribution in [3.05, 3.63) is 76.5 Å². The van der Waals surface area contributed by atoms with E-state index >= 15 is 0 Å². The maximum absolute atomic E-state index is 14.4. The molecule has 23 nitrogen and oxygen atoms in total. The molecule has 3 aromatic carbocycles. The molecule has 3 fully saturated rings. The third kappa shape index (κ3) is 9.83. The lowest BCUT2D eigenvalue weighted by Gasteiger charge is -2.45. The number of aliphatic hydroxyl groups is 9. The Morgan fingerprint density at radius 2 is 1.34 bits per heavy atom. The molecular weight excluding hydrogens is 872 g/mol. The molecule has 0 spiro atoms. The maximum atomic E-state index is 14.4. The monoisotopic (exact) mass is 918 g/mol. The van der Waals surface area contributed by atoms with Gasteiger partial charge < -0.3 is 104 Å². The van der Waals surface area contributed by atoms with Crippen LogP contribution in [0.4, 0.5) is 0 Å². The number of rotatable bonds is 12. The predicted molar refractivity (Wildman–Crippen MR) is 214 cm³/mol. The lowest BCUT2D eigenvalue weighted by molar-refractivity contribution is -0.358. The average Bonchev–Trinajstić information content (AvgIpc) is 3.28. The molecule has 4 heterocycles. The molecule has 3 aliphatic heterocycles. The number of fused-ring (bicyclic) bond motifs is 1. The van der Waals surface area contributed by atoms with Crippen molar-refractivity contribution >= 4 is 23.0 Å². The van der Waals surface area contributed by atoms with Gasteiger partial charge in [0.25, 0.3) is 0 Å². The van der Waals surface area contributed by atoms with Crippen molar-refractivity contribution in [1.82, 2.24) is 0 Å². The first-order valence-corrected chi connectivity index (χ1v) is 19.9. The number of carbonyl (C=O) groups excluding carboxylic acids is 1. The van der Waals surface area contributed by atoms with Crippen LogP contribution in [0.2, 0.25) is 0 Å². The highest BCUT2D eigenvalue weighted by Gasteiger charge is 2.52. The van der Waals surface area contributed by atoms with Crippen molar-refractivity contribution in [2.75, 3.05) is 13.2 Å². The lowest BCUT2D eigenvalue weighted by Crippen LogP contribution is -2.65. The second-order valence-electron chi connectivity index (χ2n) is 15.4. The molecule has 0 bridgehead atoms. The van der Waals surface area contributed by atoms with Crippen LogP contribution in [0.25, 0.3) is 28.4 Å². The number of benzene rings is 3. The van der Waals surface area contributed by atoms with E-state index in [-0.39, 0.29) is 17.1 Å². The summed E-state index contributed by atoms with van der Waals surface area (Å²) in [4.78, 5) is 26.9.